The van der Waals surface area contributed by atoms with Gasteiger partial charge in [-0.15, -0.1) is 0 Å². The molecule has 0 saturated heterocycles. The number of benzene rings is 1. The summed E-state index contributed by atoms with van der Waals surface area (Å²) in [6, 6.07) is 5.39. The molecule has 0 atom stereocenters. The molecule has 1 aromatic carbocycles. The van der Waals surface area contributed by atoms with Crippen LogP contribution in [0.2, 0.25) is 0 Å². The fourth-order valence-electron chi connectivity index (χ4n) is 1.09. The Hall–Kier alpha value is -1.69. The molecule has 0 N–H and O–H groups in total. The molecule has 0 spiro atoms. The van der Waals surface area contributed by atoms with Crippen LogP contribution in [0.4, 0.5) is 0 Å². The number of methoxy groups -OCH3 is 2. The van der Waals surface area contributed by atoms with E-state index < -0.39 is 19.1 Å². The lowest BCUT2D eigenvalue weighted by molar-refractivity contribution is 0.392. The molecule has 0 fully saturated rings. The Balaban J connectivity index is 3.74. The minimum absolute atomic E-state index is 0.193. The lowest BCUT2D eigenvalue weighted by atomic mass is 9.86. The van der Waals surface area contributed by atoms with E-state index in [0.29, 0.717) is 0 Å². The Kier molecular flexibility index (Phi) is 1.52. The number of hydrogen-bond donors (Lipinski definition) is 0. The van der Waals surface area contributed by atoms with Crippen molar-refractivity contribution in [2.45, 2.75) is 19.1 Å². The topological polar surface area (TPSA) is 42.2 Å². The van der Waals surface area contributed by atoms with E-state index >= 15 is 0 Å². The van der Waals surface area contributed by atoms with Gasteiger partial charge in [0.1, 0.15) is 11.5 Å². The number of nitriles is 1. The maximum absolute atomic E-state index is 9.38. The molecule has 0 aromatic heterocycles. The summed E-state index contributed by atoms with van der Waals surface area (Å²) in [7, 11) is 2.69. The van der Waals surface area contributed by atoms with E-state index in [1.54, 1.807) is 0 Å². The minimum atomic E-state index is -3.05. The lowest BCUT2D eigenvalue weighted by Gasteiger charge is -2.17. The highest BCUT2D eigenvalue weighted by Gasteiger charge is 2.21. The number of nitrogens with zero attached hydrogens (tertiary/aromatic N) is 1. The SMILES string of the molecule is [2H]C([2H])([2H])C(C#N)(c1cc(OC)cc(OC)c1)C([2H])([2H])[2H]. The third-order valence-electron chi connectivity index (χ3n) is 1.95. The van der Waals surface area contributed by atoms with Crippen LogP contribution >= 0.6 is 0 Å². The fourth-order valence-corrected chi connectivity index (χ4v) is 1.09. The first-order valence-corrected chi connectivity index (χ1v) is 4.18. The normalized spacial score (nSPS) is 18.2. The Labute approximate surface area is 98.7 Å². The van der Waals surface area contributed by atoms with Crippen molar-refractivity contribution in [1.82, 2.24) is 0 Å². The van der Waals surface area contributed by atoms with Gasteiger partial charge in [0.05, 0.1) is 25.7 Å². The van der Waals surface area contributed by atoms with Crippen LogP contribution in [0.3, 0.4) is 0 Å². The maximum atomic E-state index is 9.38. The van der Waals surface area contributed by atoms with Crippen molar-refractivity contribution in [3.05, 3.63) is 23.8 Å². The third kappa shape index (κ3) is 2.41. The summed E-state index contributed by atoms with van der Waals surface area (Å²) in [5, 5.41) is 9.38. The van der Waals surface area contributed by atoms with Crippen LogP contribution in [0.5, 0.6) is 11.5 Å². The van der Waals surface area contributed by atoms with Crippen LogP contribution < -0.4 is 9.47 Å². The second-order valence-corrected chi connectivity index (χ2v) is 2.96. The molecule has 3 heteroatoms. The molecular formula is C12H15NO2. The molecule has 15 heavy (non-hydrogen) atoms. The smallest absolute Gasteiger partial charge is 0.122 e. The molecular weight excluding hydrogens is 190 g/mol. The molecule has 0 unspecified atom stereocenters. The Morgan fingerprint density at radius 2 is 1.73 bits per heavy atom. The summed E-state index contributed by atoms with van der Waals surface area (Å²) in [6.07, 6.45) is 0. The molecule has 1 rings (SSSR count). The molecule has 0 heterocycles. The molecule has 0 aliphatic heterocycles. The molecule has 80 valence electrons. The first kappa shape index (κ1) is 5.41. The van der Waals surface area contributed by atoms with Gasteiger partial charge in [-0.1, -0.05) is 0 Å². The standard InChI is InChI=1S/C12H15NO2/c1-12(2,8-13)9-5-10(14-3)7-11(6-9)15-4/h5-7H,1-4H3/i1D3,2D3. The van der Waals surface area contributed by atoms with Gasteiger partial charge in [-0.2, -0.15) is 5.26 Å². The average molecular weight is 211 g/mol. The van der Waals surface area contributed by atoms with E-state index in [1.807, 2.05) is 0 Å². The van der Waals surface area contributed by atoms with Crippen molar-refractivity contribution in [3.63, 3.8) is 0 Å². The molecule has 1 aromatic rings. The molecule has 0 amide bonds. The summed E-state index contributed by atoms with van der Waals surface area (Å²) in [5.41, 5.74) is -2.86. The van der Waals surface area contributed by atoms with Gasteiger partial charge in [-0.3, -0.25) is 0 Å². The number of rotatable bonds is 3. The quantitative estimate of drug-likeness (QED) is 0.771. The van der Waals surface area contributed by atoms with Crippen LogP contribution in [-0.4, -0.2) is 14.2 Å². The minimum Gasteiger partial charge on any atom is -0.497 e. The molecule has 0 aliphatic rings. The van der Waals surface area contributed by atoms with Crippen molar-refractivity contribution in [2.75, 3.05) is 14.2 Å². The molecule has 0 radical (unpaired) electrons. The zero-order valence-electron chi connectivity index (χ0n) is 14.5. The van der Waals surface area contributed by atoms with Crippen molar-refractivity contribution in [3.8, 4) is 17.6 Å². The zero-order valence-corrected chi connectivity index (χ0v) is 8.50. The zero-order chi connectivity index (χ0) is 16.5. The monoisotopic (exact) mass is 211 g/mol. The van der Waals surface area contributed by atoms with Gasteiger partial charge < -0.3 is 9.47 Å². The predicted molar refractivity (Wildman–Crippen MR) is 58.2 cm³/mol. The fraction of sp³-hybridized carbons (Fsp3) is 0.417. The maximum Gasteiger partial charge on any atom is 0.122 e. The second kappa shape index (κ2) is 4.22. The highest BCUT2D eigenvalue weighted by molar-refractivity contribution is 5.43. The van der Waals surface area contributed by atoms with Crippen molar-refractivity contribution < 1.29 is 17.7 Å². The molecule has 3 nitrogen and oxygen atoms in total. The van der Waals surface area contributed by atoms with Crippen LogP contribution in [0, 0.1) is 11.3 Å². The van der Waals surface area contributed by atoms with Gasteiger partial charge in [0.25, 0.3) is 0 Å². The van der Waals surface area contributed by atoms with Crippen LogP contribution in [0.15, 0.2) is 18.2 Å². The van der Waals surface area contributed by atoms with E-state index in [9.17, 15) is 5.26 Å². The van der Waals surface area contributed by atoms with Gasteiger partial charge in [0.2, 0.25) is 0 Å². The van der Waals surface area contributed by atoms with Crippen LogP contribution in [-0.2, 0) is 5.41 Å². The van der Waals surface area contributed by atoms with Crippen LogP contribution in [0.1, 0.15) is 27.5 Å². The summed E-state index contributed by atoms with van der Waals surface area (Å²) >= 11 is 0. The molecule has 0 saturated carbocycles. The largest absolute Gasteiger partial charge is 0.497 e. The number of hydrogen-bond acceptors (Lipinski definition) is 3. The molecule has 0 aliphatic carbocycles. The van der Waals surface area contributed by atoms with E-state index in [4.69, 9.17) is 17.7 Å². The average Bonchev–Trinajstić information content (AvgIpc) is 2.36. The van der Waals surface area contributed by atoms with Gasteiger partial charge in [0.15, 0.2) is 0 Å². The molecule has 0 bridgehead atoms. The Morgan fingerprint density at radius 1 is 1.20 bits per heavy atom. The Bertz CT molecular complexity index is 522. The van der Waals surface area contributed by atoms with Crippen molar-refractivity contribution >= 4 is 0 Å². The van der Waals surface area contributed by atoms with Crippen molar-refractivity contribution in [2.24, 2.45) is 0 Å². The lowest BCUT2D eigenvalue weighted by Crippen LogP contribution is -2.14. The predicted octanol–water partition coefficient (Wildman–Crippen LogP) is 2.50. The van der Waals surface area contributed by atoms with E-state index in [1.165, 1.54) is 38.5 Å². The first-order chi connectivity index (χ1) is 9.53. The van der Waals surface area contributed by atoms with Gasteiger partial charge in [0, 0.05) is 14.3 Å². The van der Waals surface area contributed by atoms with E-state index in [0.717, 1.165) is 0 Å². The summed E-state index contributed by atoms with van der Waals surface area (Å²) < 4.78 is 55.3. The second-order valence-electron chi connectivity index (χ2n) is 2.96. The highest BCUT2D eigenvalue weighted by Crippen LogP contribution is 2.30. The van der Waals surface area contributed by atoms with Gasteiger partial charge in [-0.05, 0) is 31.4 Å². The van der Waals surface area contributed by atoms with Crippen LogP contribution in [0.25, 0.3) is 0 Å². The Morgan fingerprint density at radius 3 is 2.07 bits per heavy atom. The van der Waals surface area contributed by atoms with E-state index in [2.05, 4.69) is 0 Å². The van der Waals surface area contributed by atoms with E-state index in [-0.39, 0.29) is 17.1 Å². The summed E-state index contributed by atoms with van der Waals surface area (Å²) in [5.74, 6) is 0.412. The summed E-state index contributed by atoms with van der Waals surface area (Å²) in [6.45, 7) is -6.10. The highest BCUT2D eigenvalue weighted by atomic mass is 16.5. The van der Waals surface area contributed by atoms with Gasteiger partial charge in [-0.25, -0.2) is 0 Å². The summed E-state index contributed by atoms with van der Waals surface area (Å²) in [4.78, 5) is 0. The third-order valence-corrected chi connectivity index (χ3v) is 1.95. The first-order valence-electron chi connectivity index (χ1n) is 7.18. The van der Waals surface area contributed by atoms with Gasteiger partial charge >= 0.3 is 0 Å². The van der Waals surface area contributed by atoms with Crippen molar-refractivity contribution in [1.29, 1.82) is 5.26 Å². The number of ether oxygens (including phenoxy) is 2.